The highest BCUT2D eigenvalue weighted by Crippen LogP contribution is 2.19. The van der Waals surface area contributed by atoms with E-state index >= 15 is 0 Å². The number of thiocarbonyl (C=S) groups is 1. The Morgan fingerprint density at radius 3 is 2.64 bits per heavy atom. The van der Waals surface area contributed by atoms with Crippen molar-refractivity contribution in [2.45, 2.75) is 6.54 Å². The van der Waals surface area contributed by atoms with E-state index in [1.165, 1.54) is 12.1 Å². The van der Waals surface area contributed by atoms with Crippen molar-refractivity contribution in [1.29, 1.82) is 0 Å². The third-order valence-electron chi connectivity index (χ3n) is 3.32. The summed E-state index contributed by atoms with van der Waals surface area (Å²) in [6.07, 6.45) is 1.86. The Balaban J connectivity index is 1.59. The topological polar surface area (TPSA) is 41.9 Å². The first-order valence-corrected chi connectivity index (χ1v) is 8.88. The molecule has 0 atom stereocenters. The average Bonchev–Trinajstić information content (AvgIpc) is 3.00. The normalized spacial score (nSPS) is 10.5. The number of nitrogens with zero attached hydrogens (tertiary/aromatic N) is 2. The second kappa shape index (κ2) is 7.95. The third kappa shape index (κ3) is 5.01. The molecule has 3 aromatic rings. The second-order valence-corrected chi connectivity index (χ2v) is 6.96. The Labute approximate surface area is 163 Å². The number of aromatic nitrogens is 2. The van der Waals surface area contributed by atoms with E-state index in [-0.39, 0.29) is 5.02 Å². The van der Waals surface area contributed by atoms with Crippen molar-refractivity contribution in [2.24, 2.45) is 0 Å². The van der Waals surface area contributed by atoms with E-state index in [9.17, 15) is 4.39 Å². The van der Waals surface area contributed by atoms with Crippen LogP contribution >= 0.6 is 39.7 Å². The molecule has 0 aliphatic rings. The minimum Gasteiger partial charge on any atom is -0.332 e. The standard InChI is InChI=1S/C17H13BrClFN4S/c18-12-3-1-11(2-4-12)10-24-8-7-16(23-24)22-17(25)21-13-5-6-15(20)14(19)9-13/h1-9H,10H2,(H2,21,22,23,25). The van der Waals surface area contributed by atoms with E-state index in [2.05, 4.69) is 31.7 Å². The smallest absolute Gasteiger partial charge is 0.176 e. The molecule has 0 saturated heterocycles. The van der Waals surface area contributed by atoms with Gasteiger partial charge in [0.05, 0.1) is 11.6 Å². The van der Waals surface area contributed by atoms with E-state index in [1.54, 1.807) is 6.07 Å². The molecule has 0 saturated carbocycles. The van der Waals surface area contributed by atoms with E-state index in [4.69, 9.17) is 23.8 Å². The van der Waals surface area contributed by atoms with Gasteiger partial charge in [-0.25, -0.2) is 4.39 Å². The average molecular weight is 440 g/mol. The zero-order valence-electron chi connectivity index (χ0n) is 12.8. The first-order chi connectivity index (χ1) is 12.0. The summed E-state index contributed by atoms with van der Waals surface area (Å²) >= 11 is 14.4. The van der Waals surface area contributed by atoms with Crippen molar-refractivity contribution in [3.05, 3.63) is 75.6 Å². The van der Waals surface area contributed by atoms with Gasteiger partial charge >= 0.3 is 0 Å². The molecule has 0 amide bonds. The van der Waals surface area contributed by atoms with Crippen LogP contribution in [-0.2, 0) is 6.54 Å². The molecule has 3 rings (SSSR count). The number of halogens is 3. The number of anilines is 2. The summed E-state index contributed by atoms with van der Waals surface area (Å²) in [6.45, 7) is 0.655. The van der Waals surface area contributed by atoms with Crippen LogP contribution in [0.2, 0.25) is 5.02 Å². The molecule has 8 heteroatoms. The molecule has 2 N–H and O–H groups in total. The van der Waals surface area contributed by atoms with Crippen LogP contribution in [0.3, 0.4) is 0 Å². The zero-order valence-corrected chi connectivity index (χ0v) is 16.0. The summed E-state index contributed by atoms with van der Waals surface area (Å²) in [5.41, 5.74) is 1.73. The lowest BCUT2D eigenvalue weighted by molar-refractivity contribution is 0.628. The summed E-state index contributed by atoms with van der Waals surface area (Å²) in [4.78, 5) is 0. The van der Waals surface area contributed by atoms with Gasteiger partial charge in [0.15, 0.2) is 10.9 Å². The van der Waals surface area contributed by atoms with Crippen molar-refractivity contribution < 1.29 is 4.39 Å². The van der Waals surface area contributed by atoms with E-state index in [0.29, 0.717) is 23.2 Å². The summed E-state index contributed by atoms with van der Waals surface area (Å²) in [7, 11) is 0. The number of nitrogens with one attached hydrogen (secondary N) is 2. The number of hydrogen-bond donors (Lipinski definition) is 2. The van der Waals surface area contributed by atoms with Crippen molar-refractivity contribution in [3.8, 4) is 0 Å². The molecule has 128 valence electrons. The van der Waals surface area contributed by atoms with Gasteiger partial charge in [0.25, 0.3) is 0 Å². The van der Waals surface area contributed by atoms with Gasteiger partial charge in [-0.1, -0.05) is 39.7 Å². The van der Waals surface area contributed by atoms with Gasteiger partial charge in [-0.05, 0) is 48.1 Å². The molecule has 0 unspecified atom stereocenters. The Hall–Kier alpha value is -1.96. The van der Waals surface area contributed by atoms with Gasteiger partial charge in [0, 0.05) is 22.4 Å². The summed E-state index contributed by atoms with van der Waals surface area (Å²) < 4.78 is 16.0. The largest absolute Gasteiger partial charge is 0.332 e. The van der Waals surface area contributed by atoms with E-state index < -0.39 is 5.82 Å². The molecule has 4 nitrogen and oxygen atoms in total. The molecule has 0 radical (unpaired) electrons. The number of rotatable bonds is 4. The quantitative estimate of drug-likeness (QED) is 0.542. The van der Waals surface area contributed by atoms with Crippen LogP contribution in [0.15, 0.2) is 59.2 Å². The predicted molar refractivity (Wildman–Crippen MR) is 107 cm³/mol. The maximum Gasteiger partial charge on any atom is 0.176 e. The third-order valence-corrected chi connectivity index (χ3v) is 4.34. The van der Waals surface area contributed by atoms with Crippen LogP contribution in [-0.4, -0.2) is 14.9 Å². The van der Waals surface area contributed by atoms with Crippen molar-refractivity contribution in [1.82, 2.24) is 9.78 Å². The van der Waals surface area contributed by atoms with Crippen LogP contribution in [0.5, 0.6) is 0 Å². The fraction of sp³-hybridized carbons (Fsp3) is 0.0588. The van der Waals surface area contributed by atoms with Gasteiger partial charge in [-0.2, -0.15) is 5.10 Å². The highest BCUT2D eigenvalue weighted by atomic mass is 79.9. The molecule has 0 aliphatic heterocycles. The predicted octanol–water partition coefficient (Wildman–Crippen LogP) is 5.30. The number of benzene rings is 2. The summed E-state index contributed by atoms with van der Waals surface area (Å²) in [6, 6.07) is 14.2. The molecule has 0 aliphatic carbocycles. The molecule has 1 heterocycles. The van der Waals surface area contributed by atoms with Crippen LogP contribution in [0.4, 0.5) is 15.9 Å². The molecule has 2 aromatic carbocycles. The van der Waals surface area contributed by atoms with Crippen molar-refractivity contribution >= 4 is 56.4 Å². The first kappa shape index (κ1) is 17.8. The fourth-order valence-corrected chi connectivity index (χ4v) is 2.81. The summed E-state index contributed by atoms with van der Waals surface area (Å²) in [5, 5.41) is 10.7. The SMILES string of the molecule is Fc1ccc(NC(=S)Nc2ccn(Cc3ccc(Br)cc3)n2)cc1Cl. The van der Waals surface area contributed by atoms with Gasteiger partial charge < -0.3 is 10.6 Å². The van der Waals surface area contributed by atoms with Crippen molar-refractivity contribution in [2.75, 3.05) is 10.6 Å². The number of hydrogen-bond acceptors (Lipinski definition) is 2. The minimum atomic E-state index is -0.474. The van der Waals surface area contributed by atoms with Gasteiger partial charge in [-0.15, -0.1) is 0 Å². The van der Waals surface area contributed by atoms with Gasteiger partial charge in [-0.3, -0.25) is 4.68 Å². The molecular weight excluding hydrogens is 427 g/mol. The van der Waals surface area contributed by atoms with Gasteiger partial charge in [0.2, 0.25) is 0 Å². The molecule has 0 spiro atoms. The van der Waals surface area contributed by atoms with Crippen LogP contribution in [0, 0.1) is 5.82 Å². The Morgan fingerprint density at radius 1 is 1.16 bits per heavy atom. The lowest BCUT2D eigenvalue weighted by Gasteiger charge is -2.09. The first-order valence-electron chi connectivity index (χ1n) is 7.30. The minimum absolute atomic E-state index is 0.0339. The van der Waals surface area contributed by atoms with Crippen LogP contribution in [0.25, 0.3) is 0 Å². The monoisotopic (exact) mass is 438 g/mol. The Morgan fingerprint density at radius 2 is 1.92 bits per heavy atom. The molecule has 25 heavy (non-hydrogen) atoms. The van der Waals surface area contributed by atoms with E-state index in [0.717, 1.165) is 10.0 Å². The highest BCUT2D eigenvalue weighted by molar-refractivity contribution is 9.10. The molecular formula is C17H13BrClFN4S. The van der Waals surface area contributed by atoms with Crippen LogP contribution < -0.4 is 10.6 Å². The highest BCUT2D eigenvalue weighted by Gasteiger charge is 2.05. The maximum absolute atomic E-state index is 13.2. The van der Waals surface area contributed by atoms with Gasteiger partial charge in [0.1, 0.15) is 5.82 Å². The van der Waals surface area contributed by atoms with Crippen LogP contribution in [0.1, 0.15) is 5.56 Å². The lowest BCUT2D eigenvalue weighted by Crippen LogP contribution is -2.19. The second-order valence-electron chi connectivity index (χ2n) is 5.23. The molecule has 0 bridgehead atoms. The Bertz CT molecular complexity index is 898. The molecule has 0 fully saturated rings. The lowest BCUT2D eigenvalue weighted by atomic mass is 10.2. The van der Waals surface area contributed by atoms with E-state index in [1.807, 2.05) is 41.2 Å². The zero-order chi connectivity index (χ0) is 17.8. The fourth-order valence-electron chi connectivity index (χ4n) is 2.15. The van der Waals surface area contributed by atoms with Crippen molar-refractivity contribution in [3.63, 3.8) is 0 Å². The summed E-state index contributed by atoms with van der Waals surface area (Å²) in [5.74, 6) is 0.139. The Kier molecular flexibility index (Phi) is 5.67. The molecule has 1 aromatic heterocycles. The maximum atomic E-state index is 13.2.